The van der Waals surface area contributed by atoms with Crippen LogP contribution in [0, 0.1) is 10.8 Å². The van der Waals surface area contributed by atoms with Crippen molar-refractivity contribution < 1.29 is 121 Å². The molecule has 0 aliphatic heterocycles. The van der Waals surface area contributed by atoms with Crippen molar-refractivity contribution >= 4 is 90.3 Å². The van der Waals surface area contributed by atoms with E-state index in [0.717, 1.165) is 20.2 Å². The molecule has 34 heteroatoms. The molecule has 424 valence electrons. The summed E-state index contributed by atoms with van der Waals surface area (Å²) in [7, 11) is 0. The number of hydrogen-bond acceptors (Lipinski definition) is 16. The number of ether oxygens (including phenoxy) is 4. The molecule has 6 rings (SSSR count). The zero-order valence-corrected chi connectivity index (χ0v) is 40.7. The number of fused-ring (bicyclic) bond motifs is 2. The van der Waals surface area contributed by atoms with E-state index < -0.39 is 72.7 Å². The summed E-state index contributed by atoms with van der Waals surface area (Å²) in [5, 5.41) is 45.3. The molecule has 0 saturated heterocycles. The van der Waals surface area contributed by atoms with Crippen molar-refractivity contribution in [3.8, 4) is 11.5 Å². The largest absolute Gasteiger partial charge is 0.490 e. The number of thiophene rings is 2. The number of nitrogens with zero attached hydrogens (tertiary/aromatic N) is 2. The number of benzene rings is 2. The van der Waals surface area contributed by atoms with Crippen LogP contribution in [0.4, 0.5) is 52.7 Å². The van der Waals surface area contributed by atoms with Crippen LogP contribution in [-0.2, 0) is 38.2 Å². The number of hydrogen-bond donors (Lipinski definition) is 8. The summed E-state index contributed by atoms with van der Waals surface area (Å²) in [5.74, 6) is -10.9. The van der Waals surface area contributed by atoms with Crippen molar-refractivity contribution in [2.75, 3.05) is 13.2 Å². The van der Waals surface area contributed by atoms with Gasteiger partial charge in [-0.2, -0.15) is 52.7 Å². The molecule has 0 radical (unpaired) electrons. The standard InChI is InChI=1S/2C18H17N3O3S.4C2HF3O2/c1-2-23-18(22)16(12-6-3-4-9-21-12)24-13-7-5-8-14-11(13)10-15(25-14)17(19)20;1-2-23-18(22)16(11-6-8-21-9-7-11)24-13-4-3-5-14-12(13)10-15(25-14)17(19)20;4*3-2(4,5)1(6)7/h2*3-10,16H,2H2,1H3,(H3,19,20);4*(H,6,7). The fourth-order valence-corrected chi connectivity index (χ4v) is 6.66. The van der Waals surface area contributed by atoms with Crippen LogP contribution >= 0.6 is 22.7 Å². The normalized spacial score (nSPS) is 11.7. The zero-order chi connectivity index (χ0) is 59.9. The van der Waals surface area contributed by atoms with E-state index in [2.05, 4.69) is 9.97 Å². The second-order valence-corrected chi connectivity index (χ2v) is 15.8. The number of pyridine rings is 2. The van der Waals surface area contributed by atoms with Crippen LogP contribution in [0.3, 0.4) is 0 Å². The highest BCUT2D eigenvalue weighted by atomic mass is 32.1. The van der Waals surface area contributed by atoms with Crippen LogP contribution in [0.15, 0.2) is 97.5 Å². The molecule has 78 heavy (non-hydrogen) atoms. The Morgan fingerprint density at radius 1 is 0.538 bits per heavy atom. The lowest BCUT2D eigenvalue weighted by Gasteiger charge is -2.18. The maximum atomic E-state index is 12.4. The van der Waals surface area contributed by atoms with E-state index in [1.807, 2.05) is 24.3 Å². The van der Waals surface area contributed by atoms with Gasteiger partial charge in [-0.1, -0.05) is 18.2 Å². The molecule has 0 spiro atoms. The van der Waals surface area contributed by atoms with Crippen molar-refractivity contribution in [3.63, 3.8) is 0 Å². The first-order chi connectivity index (χ1) is 36.0. The van der Waals surface area contributed by atoms with Crippen LogP contribution in [-0.4, -0.2) is 116 Å². The number of halogens is 12. The molecule has 0 fully saturated rings. The predicted octanol–water partition coefficient (Wildman–Crippen LogP) is 9.06. The Morgan fingerprint density at radius 3 is 1.19 bits per heavy atom. The molecular formula is C44H38F12N6O14S2. The van der Waals surface area contributed by atoms with Crippen LogP contribution in [0.5, 0.6) is 11.5 Å². The van der Waals surface area contributed by atoms with Gasteiger partial charge in [-0.15, -0.1) is 22.7 Å². The minimum atomic E-state index is -5.08. The second kappa shape index (κ2) is 30.1. The fourth-order valence-electron chi connectivity index (χ4n) is 4.78. The van der Waals surface area contributed by atoms with Crippen molar-refractivity contribution in [3.05, 3.63) is 118 Å². The molecular weight excluding hydrogens is 1130 g/mol. The lowest BCUT2D eigenvalue weighted by molar-refractivity contribution is -0.193. The Labute approximate surface area is 436 Å². The highest BCUT2D eigenvalue weighted by Crippen LogP contribution is 2.37. The summed E-state index contributed by atoms with van der Waals surface area (Å²) in [6.07, 6.45) is -17.4. The monoisotopic (exact) mass is 1170 g/mol. The number of carboxylic acid groups (broad SMARTS) is 4. The quantitative estimate of drug-likeness (QED) is 0.0245. The number of amidine groups is 2. The Bertz CT molecular complexity index is 2750. The van der Waals surface area contributed by atoms with E-state index in [9.17, 15) is 62.3 Å². The van der Waals surface area contributed by atoms with Gasteiger partial charge in [0.15, 0.2) is 0 Å². The summed E-state index contributed by atoms with van der Waals surface area (Å²) in [5.41, 5.74) is 12.3. The smallest absolute Gasteiger partial charge is 0.475 e. The van der Waals surface area contributed by atoms with E-state index in [1.165, 1.54) is 22.7 Å². The molecule has 6 aromatic rings. The molecule has 4 aromatic heterocycles. The zero-order valence-electron chi connectivity index (χ0n) is 39.1. The Kier molecular flexibility index (Phi) is 25.9. The maximum absolute atomic E-state index is 12.4. The molecule has 4 heterocycles. The summed E-state index contributed by atoms with van der Waals surface area (Å²) in [6, 6.07) is 23.4. The van der Waals surface area contributed by atoms with Crippen molar-refractivity contribution in [1.82, 2.24) is 9.97 Å². The average molecular weight is 1170 g/mol. The molecule has 20 nitrogen and oxygen atoms in total. The number of rotatable bonds is 12. The number of carbonyl (C=O) groups is 6. The topological polar surface area (TPSA) is 346 Å². The van der Waals surface area contributed by atoms with Gasteiger partial charge in [0, 0.05) is 44.3 Å². The van der Waals surface area contributed by atoms with Gasteiger partial charge >= 0.3 is 60.5 Å². The highest BCUT2D eigenvalue weighted by molar-refractivity contribution is 7.21. The van der Waals surface area contributed by atoms with Crippen LogP contribution in [0.1, 0.15) is 47.1 Å². The summed E-state index contributed by atoms with van der Waals surface area (Å²) in [4.78, 5) is 69.8. The highest BCUT2D eigenvalue weighted by Gasteiger charge is 2.40. The third-order valence-corrected chi connectivity index (χ3v) is 10.3. The Morgan fingerprint density at radius 2 is 0.885 bits per heavy atom. The number of carbonyl (C=O) groups excluding carboxylic acids is 2. The van der Waals surface area contributed by atoms with Gasteiger partial charge in [-0.3, -0.25) is 20.8 Å². The number of nitrogen functional groups attached to an aromatic ring is 2. The van der Waals surface area contributed by atoms with Gasteiger partial charge in [-0.05, 0) is 74.5 Å². The maximum Gasteiger partial charge on any atom is 0.490 e. The molecule has 2 unspecified atom stereocenters. The van der Waals surface area contributed by atoms with Crippen LogP contribution < -0.4 is 20.9 Å². The number of esters is 2. The number of aliphatic carboxylic acids is 4. The SMILES string of the molecule is CCOC(=O)C(Oc1cccc2sc(C(=N)N)cc12)c1ccccn1.CCOC(=O)C(Oc1cccc2sc(C(=N)N)cc12)c1ccncc1.O=C(O)C(F)(F)F.O=C(O)C(F)(F)F.O=C(O)C(F)(F)F.O=C(O)C(F)(F)F. The first-order valence-corrected chi connectivity index (χ1v) is 22.0. The third kappa shape index (κ3) is 23.0. The third-order valence-electron chi connectivity index (χ3n) is 8.00. The van der Waals surface area contributed by atoms with Gasteiger partial charge in [0.1, 0.15) is 23.2 Å². The molecule has 0 saturated carbocycles. The van der Waals surface area contributed by atoms with Crippen molar-refractivity contribution in [1.29, 1.82) is 10.8 Å². The van der Waals surface area contributed by atoms with Crippen LogP contribution in [0.2, 0.25) is 0 Å². The molecule has 0 aliphatic carbocycles. The van der Waals surface area contributed by atoms with Gasteiger partial charge in [0.25, 0.3) is 0 Å². The summed E-state index contributed by atoms with van der Waals surface area (Å²) in [6.45, 7) is 4.01. The van der Waals surface area contributed by atoms with E-state index >= 15 is 0 Å². The van der Waals surface area contributed by atoms with Gasteiger partial charge in [0.2, 0.25) is 12.2 Å². The molecule has 0 bridgehead atoms. The van der Waals surface area contributed by atoms with Gasteiger partial charge < -0.3 is 50.8 Å². The predicted molar refractivity (Wildman–Crippen MR) is 249 cm³/mol. The first kappa shape index (κ1) is 67.2. The van der Waals surface area contributed by atoms with E-state index in [1.54, 1.807) is 87.0 Å². The average Bonchev–Trinajstić information content (AvgIpc) is 4.00. The van der Waals surface area contributed by atoms with Gasteiger partial charge in [0.05, 0.1) is 28.7 Å². The fraction of sp³-hybridized carbons (Fsp3) is 0.227. The number of aromatic nitrogens is 2. The molecule has 0 amide bonds. The van der Waals surface area contributed by atoms with Crippen LogP contribution in [0.25, 0.3) is 20.2 Å². The molecule has 2 atom stereocenters. The van der Waals surface area contributed by atoms with E-state index in [-0.39, 0.29) is 24.9 Å². The first-order valence-electron chi connectivity index (χ1n) is 20.4. The number of nitrogens with two attached hydrogens (primary N) is 2. The van der Waals surface area contributed by atoms with Gasteiger partial charge in [-0.25, -0.2) is 28.8 Å². The number of alkyl halides is 12. The lowest BCUT2D eigenvalue weighted by atomic mass is 10.1. The lowest BCUT2D eigenvalue weighted by Crippen LogP contribution is -2.22. The van der Waals surface area contributed by atoms with Crippen molar-refractivity contribution in [2.45, 2.75) is 50.8 Å². The van der Waals surface area contributed by atoms with E-state index in [0.29, 0.717) is 32.5 Å². The second-order valence-electron chi connectivity index (χ2n) is 13.6. The Balaban J connectivity index is 0.000000529. The van der Waals surface area contributed by atoms with Crippen molar-refractivity contribution in [2.24, 2.45) is 11.5 Å². The summed E-state index contributed by atoms with van der Waals surface area (Å²) >= 11 is 2.81. The van der Waals surface area contributed by atoms with E-state index in [4.69, 9.17) is 80.8 Å². The number of nitrogens with one attached hydrogen (secondary N) is 2. The summed E-state index contributed by atoms with van der Waals surface area (Å²) < 4.78 is 151. The molecule has 0 aliphatic rings. The minimum Gasteiger partial charge on any atom is -0.475 e. The molecule has 2 aromatic carbocycles. The minimum absolute atomic E-state index is 0.00109. The number of carboxylic acids is 4. The molecule has 10 N–H and O–H groups in total. The Hall–Kier alpha value is -8.82.